The molecule has 1 aliphatic rings. The Bertz CT molecular complexity index is 542. The summed E-state index contributed by atoms with van der Waals surface area (Å²) < 4.78 is 12.8. The third-order valence-corrected chi connectivity index (χ3v) is 3.29. The van der Waals surface area contributed by atoms with Gasteiger partial charge in [-0.3, -0.25) is 9.69 Å². The maximum Gasteiger partial charge on any atom is 0.228 e. The van der Waals surface area contributed by atoms with Gasteiger partial charge >= 0.3 is 0 Å². The molecule has 0 saturated carbocycles. The van der Waals surface area contributed by atoms with E-state index in [1.807, 2.05) is 18.7 Å². The van der Waals surface area contributed by atoms with E-state index in [2.05, 4.69) is 11.4 Å². The topological polar surface area (TPSA) is 76.4 Å². The molecule has 2 N–H and O–H groups in total. The van der Waals surface area contributed by atoms with Crippen molar-refractivity contribution < 1.29 is 14.3 Å². The summed E-state index contributed by atoms with van der Waals surface area (Å²) in [5.74, 6) is -1.46. The van der Waals surface area contributed by atoms with Gasteiger partial charge in [0.05, 0.1) is 23.7 Å². The van der Waals surface area contributed by atoms with Crippen molar-refractivity contribution in [3.05, 3.63) is 24.0 Å². The molecule has 1 aliphatic heterocycles. The van der Waals surface area contributed by atoms with Crippen molar-refractivity contribution in [2.24, 2.45) is 5.92 Å². The van der Waals surface area contributed by atoms with Crippen LogP contribution in [0, 0.1) is 23.1 Å². The molecule has 6 heteroatoms. The highest BCUT2D eigenvalue weighted by molar-refractivity contribution is 5.94. The predicted molar refractivity (Wildman–Crippen MR) is 78.2 cm³/mol. The number of carbonyl (C=O) groups is 1. The zero-order valence-corrected chi connectivity index (χ0v) is 12.4. The van der Waals surface area contributed by atoms with E-state index < -0.39 is 5.82 Å². The molecule has 2 unspecified atom stereocenters. The number of hydrogen-bond donors (Lipinski definition) is 2. The second-order valence-electron chi connectivity index (χ2n) is 4.67. The number of benzene rings is 1. The molecule has 114 valence electrons. The standard InChI is InChI=1S/C13H14FN3O2.C2H6/c1-17-7-8(4-10(17)6-15)13(19)16-11-3-2-9(14)5-12(11)18;1-2/h2-3,5,8,10,18H,4,7H2,1H3,(H,16,19);1-2H3. The highest BCUT2D eigenvalue weighted by atomic mass is 19.1. The second kappa shape index (κ2) is 7.60. The Balaban J connectivity index is 0.00000106. The number of rotatable bonds is 2. The Hall–Kier alpha value is -2.13. The van der Waals surface area contributed by atoms with Crippen LogP contribution in [0.3, 0.4) is 0 Å². The van der Waals surface area contributed by atoms with Crippen LogP contribution in [0.25, 0.3) is 0 Å². The number of likely N-dealkylation sites (tertiary alicyclic amines) is 1. The van der Waals surface area contributed by atoms with Crippen molar-refractivity contribution in [1.82, 2.24) is 4.90 Å². The lowest BCUT2D eigenvalue weighted by Crippen LogP contribution is -2.26. The van der Waals surface area contributed by atoms with E-state index >= 15 is 0 Å². The molecular weight excluding hydrogens is 273 g/mol. The summed E-state index contributed by atoms with van der Waals surface area (Å²) in [6, 6.07) is 5.27. The first kappa shape index (κ1) is 16.9. The number of hydrogen-bond acceptors (Lipinski definition) is 4. The molecule has 1 aromatic carbocycles. The molecule has 2 atom stereocenters. The van der Waals surface area contributed by atoms with E-state index in [1.165, 1.54) is 6.07 Å². The monoisotopic (exact) mass is 293 g/mol. The maximum absolute atomic E-state index is 12.8. The van der Waals surface area contributed by atoms with Gasteiger partial charge in [-0.1, -0.05) is 13.8 Å². The van der Waals surface area contributed by atoms with E-state index in [1.54, 1.807) is 7.05 Å². The van der Waals surface area contributed by atoms with Crippen molar-refractivity contribution >= 4 is 11.6 Å². The van der Waals surface area contributed by atoms with Crippen LogP contribution in [0.4, 0.5) is 10.1 Å². The van der Waals surface area contributed by atoms with Crippen LogP contribution in [0.5, 0.6) is 5.75 Å². The second-order valence-corrected chi connectivity index (χ2v) is 4.67. The minimum atomic E-state index is -0.569. The number of halogens is 1. The van der Waals surface area contributed by atoms with Gasteiger partial charge in [-0.2, -0.15) is 5.26 Å². The van der Waals surface area contributed by atoms with Gasteiger partial charge in [0, 0.05) is 12.6 Å². The summed E-state index contributed by atoms with van der Waals surface area (Å²) in [5, 5.41) is 21.0. The summed E-state index contributed by atoms with van der Waals surface area (Å²) in [5.41, 5.74) is 0.175. The summed E-state index contributed by atoms with van der Waals surface area (Å²) in [7, 11) is 1.79. The number of phenols is 1. The minimum Gasteiger partial charge on any atom is -0.506 e. The number of phenolic OH excluding ortho intramolecular Hbond substituents is 1. The SMILES string of the molecule is CC.CN1CC(C(=O)Nc2ccc(F)cc2O)CC1C#N. The number of amides is 1. The largest absolute Gasteiger partial charge is 0.506 e. The highest BCUT2D eigenvalue weighted by Crippen LogP contribution is 2.27. The Morgan fingerprint density at radius 2 is 2.19 bits per heavy atom. The number of nitrogens with one attached hydrogen (secondary N) is 1. The molecule has 1 heterocycles. The van der Waals surface area contributed by atoms with Crippen molar-refractivity contribution in [2.45, 2.75) is 26.3 Å². The number of carbonyl (C=O) groups excluding carboxylic acids is 1. The minimum absolute atomic E-state index is 0.175. The summed E-state index contributed by atoms with van der Waals surface area (Å²) in [6.45, 7) is 4.49. The predicted octanol–water partition coefficient (Wildman–Crippen LogP) is 2.34. The smallest absolute Gasteiger partial charge is 0.228 e. The number of anilines is 1. The first-order valence-electron chi connectivity index (χ1n) is 6.90. The number of nitriles is 1. The highest BCUT2D eigenvalue weighted by Gasteiger charge is 2.34. The zero-order chi connectivity index (χ0) is 16.0. The average Bonchev–Trinajstić information content (AvgIpc) is 2.85. The van der Waals surface area contributed by atoms with Gasteiger partial charge in [-0.25, -0.2) is 4.39 Å². The van der Waals surface area contributed by atoms with Crippen LogP contribution in [0.2, 0.25) is 0 Å². The van der Waals surface area contributed by atoms with Crippen molar-refractivity contribution in [1.29, 1.82) is 5.26 Å². The van der Waals surface area contributed by atoms with Gasteiger partial charge in [-0.15, -0.1) is 0 Å². The third kappa shape index (κ3) is 4.17. The lowest BCUT2D eigenvalue weighted by Gasteiger charge is -2.12. The van der Waals surface area contributed by atoms with Crippen LogP contribution in [0.15, 0.2) is 18.2 Å². The number of aromatic hydroxyl groups is 1. The van der Waals surface area contributed by atoms with E-state index in [0.717, 1.165) is 12.1 Å². The van der Waals surface area contributed by atoms with Gasteiger partial charge in [0.2, 0.25) is 5.91 Å². The van der Waals surface area contributed by atoms with E-state index in [0.29, 0.717) is 13.0 Å². The molecule has 0 radical (unpaired) electrons. The van der Waals surface area contributed by atoms with Crippen molar-refractivity contribution in [3.63, 3.8) is 0 Å². The van der Waals surface area contributed by atoms with Gasteiger partial charge in [-0.05, 0) is 25.6 Å². The molecule has 0 bridgehead atoms. The quantitative estimate of drug-likeness (QED) is 0.821. The molecule has 1 amide bonds. The third-order valence-electron chi connectivity index (χ3n) is 3.29. The fraction of sp³-hybridized carbons (Fsp3) is 0.467. The summed E-state index contributed by atoms with van der Waals surface area (Å²) in [4.78, 5) is 13.8. The van der Waals surface area contributed by atoms with Crippen LogP contribution >= 0.6 is 0 Å². The molecule has 21 heavy (non-hydrogen) atoms. The van der Waals surface area contributed by atoms with Crippen LogP contribution in [0.1, 0.15) is 20.3 Å². The molecule has 1 fully saturated rings. The van der Waals surface area contributed by atoms with Gasteiger partial charge in [0.25, 0.3) is 0 Å². The summed E-state index contributed by atoms with van der Waals surface area (Å²) in [6.07, 6.45) is 0.459. The lowest BCUT2D eigenvalue weighted by atomic mass is 10.1. The normalized spacial score (nSPS) is 21.1. The van der Waals surface area contributed by atoms with Crippen molar-refractivity contribution in [2.75, 3.05) is 18.9 Å². The Morgan fingerprint density at radius 1 is 1.52 bits per heavy atom. The first-order valence-corrected chi connectivity index (χ1v) is 6.90. The fourth-order valence-corrected chi connectivity index (χ4v) is 2.19. The van der Waals surface area contributed by atoms with Crippen LogP contribution in [-0.4, -0.2) is 35.5 Å². The Kier molecular flexibility index (Phi) is 6.12. The van der Waals surface area contributed by atoms with Crippen LogP contribution in [-0.2, 0) is 4.79 Å². The molecule has 1 saturated heterocycles. The Morgan fingerprint density at radius 3 is 2.71 bits per heavy atom. The first-order chi connectivity index (χ1) is 10.0. The fourth-order valence-electron chi connectivity index (χ4n) is 2.19. The Labute approximate surface area is 124 Å². The lowest BCUT2D eigenvalue weighted by molar-refractivity contribution is -0.119. The maximum atomic E-state index is 12.8. The number of nitrogens with zero attached hydrogens (tertiary/aromatic N) is 2. The zero-order valence-electron chi connectivity index (χ0n) is 12.4. The summed E-state index contributed by atoms with van der Waals surface area (Å²) >= 11 is 0. The van der Waals surface area contributed by atoms with Gasteiger partial charge in [0.1, 0.15) is 11.6 Å². The van der Waals surface area contributed by atoms with Gasteiger partial charge in [0.15, 0.2) is 0 Å². The molecule has 0 aromatic heterocycles. The molecular formula is C15H20FN3O2. The van der Waals surface area contributed by atoms with Crippen LogP contribution < -0.4 is 5.32 Å². The average molecular weight is 293 g/mol. The van der Waals surface area contributed by atoms with Crippen molar-refractivity contribution in [3.8, 4) is 11.8 Å². The van der Waals surface area contributed by atoms with Gasteiger partial charge < -0.3 is 10.4 Å². The molecule has 5 nitrogen and oxygen atoms in total. The molecule has 1 aromatic rings. The van der Waals surface area contributed by atoms with E-state index in [-0.39, 0.29) is 29.3 Å². The van der Waals surface area contributed by atoms with E-state index in [4.69, 9.17) is 5.26 Å². The molecule has 0 spiro atoms. The molecule has 0 aliphatic carbocycles. The molecule has 2 rings (SSSR count). The van der Waals surface area contributed by atoms with E-state index in [9.17, 15) is 14.3 Å².